The first kappa shape index (κ1) is 11.9. The average molecular weight is 271 g/mol. The van der Waals surface area contributed by atoms with Gasteiger partial charge in [-0.25, -0.2) is 0 Å². The van der Waals surface area contributed by atoms with Gasteiger partial charge < -0.3 is 14.6 Å². The summed E-state index contributed by atoms with van der Waals surface area (Å²) >= 11 is 0. The van der Waals surface area contributed by atoms with Crippen molar-refractivity contribution in [1.82, 2.24) is 15.5 Å². The van der Waals surface area contributed by atoms with Crippen molar-refractivity contribution in [1.29, 1.82) is 0 Å². The van der Waals surface area contributed by atoms with E-state index in [1.807, 2.05) is 18.2 Å². The smallest absolute Gasteiger partial charge is 0.243 e. The fourth-order valence-electron chi connectivity index (χ4n) is 3.04. The molecule has 104 valence electrons. The molecule has 1 N–H and O–H groups in total. The molecule has 20 heavy (non-hydrogen) atoms. The summed E-state index contributed by atoms with van der Waals surface area (Å²) in [6.45, 7) is 1.73. The lowest BCUT2D eigenvalue weighted by Crippen LogP contribution is -2.17. The molecule has 0 saturated carbocycles. The van der Waals surface area contributed by atoms with Crippen molar-refractivity contribution in [3.05, 3.63) is 41.5 Å². The van der Waals surface area contributed by atoms with E-state index in [1.54, 1.807) is 0 Å². The Kier molecular flexibility index (Phi) is 2.92. The van der Waals surface area contributed by atoms with Gasteiger partial charge in [-0.05, 0) is 31.9 Å². The summed E-state index contributed by atoms with van der Waals surface area (Å²) in [4.78, 5) is 4.62. The Balaban J connectivity index is 1.65. The number of benzene rings is 1. The monoisotopic (exact) mass is 271 g/mol. The number of aromatic nitrogens is 2. The van der Waals surface area contributed by atoms with E-state index in [9.17, 15) is 0 Å². The van der Waals surface area contributed by atoms with Gasteiger partial charge in [0.05, 0.1) is 18.6 Å². The second kappa shape index (κ2) is 4.90. The van der Waals surface area contributed by atoms with Crippen LogP contribution in [0.1, 0.15) is 48.5 Å². The average Bonchev–Trinajstić information content (AvgIpc) is 3.17. The van der Waals surface area contributed by atoms with Gasteiger partial charge in [-0.1, -0.05) is 23.4 Å². The van der Waals surface area contributed by atoms with E-state index in [1.165, 1.54) is 6.42 Å². The molecule has 3 heterocycles. The summed E-state index contributed by atoms with van der Waals surface area (Å²) in [5, 5.41) is 7.59. The van der Waals surface area contributed by atoms with Crippen molar-refractivity contribution in [3.63, 3.8) is 0 Å². The Bertz CT molecular complexity index is 605. The third-order valence-corrected chi connectivity index (χ3v) is 4.09. The highest BCUT2D eigenvalue weighted by Crippen LogP contribution is 2.37. The van der Waals surface area contributed by atoms with E-state index in [2.05, 4.69) is 21.5 Å². The van der Waals surface area contributed by atoms with Crippen LogP contribution in [0, 0.1) is 0 Å². The predicted octanol–water partition coefficient (Wildman–Crippen LogP) is 2.41. The lowest BCUT2D eigenvalue weighted by Gasteiger charge is -2.23. The van der Waals surface area contributed by atoms with Gasteiger partial charge in [0.2, 0.25) is 5.89 Å². The van der Waals surface area contributed by atoms with Crippen LogP contribution in [0.2, 0.25) is 0 Å². The van der Waals surface area contributed by atoms with E-state index in [0.29, 0.717) is 6.61 Å². The summed E-state index contributed by atoms with van der Waals surface area (Å²) in [5.41, 5.74) is 1.16. The highest BCUT2D eigenvalue weighted by atomic mass is 16.5. The summed E-state index contributed by atoms with van der Waals surface area (Å²) < 4.78 is 11.1. The minimum atomic E-state index is 0.179. The molecule has 5 heteroatoms. The van der Waals surface area contributed by atoms with Crippen molar-refractivity contribution in [2.24, 2.45) is 0 Å². The number of ether oxygens (including phenoxy) is 1. The minimum Gasteiger partial charge on any atom is -0.493 e. The second-order valence-electron chi connectivity index (χ2n) is 5.37. The molecule has 1 unspecified atom stereocenters. The lowest BCUT2D eigenvalue weighted by molar-refractivity contribution is 0.271. The van der Waals surface area contributed by atoms with E-state index in [0.717, 1.165) is 42.4 Å². The zero-order valence-corrected chi connectivity index (χ0v) is 11.2. The molecule has 1 saturated heterocycles. The second-order valence-corrected chi connectivity index (χ2v) is 5.37. The number of para-hydroxylation sites is 1. The molecular weight excluding hydrogens is 254 g/mol. The van der Waals surface area contributed by atoms with Crippen molar-refractivity contribution >= 4 is 0 Å². The Morgan fingerprint density at radius 1 is 1.20 bits per heavy atom. The minimum absolute atomic E-state index is 0.179. The van der Waals surface area contributed by atoms with Crippen molar-refractivity contribution in [3.8, 4) is 5.75 Å². The summed E-state index contributed by atoms with van der Waals surface area (Å²) in [6, 6.07) is 8.33. The predicted molar refractivity (Wildman–Crippen MR) is 72.7 cm³/mol. The molecule has 1 aromatic heterocycles. The van der Waals surface area contributed by atoms with Gasteiger partial charge in [0.25, 0.3) is 0 Å². The number of nitrogens with one attached hydrogen (secondary N) is 1. The quantitative estimate of drug-likeness (QED) is 0.909. The topological polar surface area (TPSA) is 60.2 Å². The van der Waals surface area contributed by atoms with Gasteiger partial charge in [-0.2, -0.15) is 4.98 Å². The Morgan fingerprint density at radius 3 is 3.05 bits per heavy atom. The molecule has 2 aliphatic heterocycles. The van der Waals surface area contributed by atoms with Crippen LogP contribution in [-0.2, 0) is 0 Å². The van der Waals surface area contributed by atoms with Gasteiger partial charge in [0.15, 0.2) is 5.82 Å². The number of nitrogens with zero attached hydrogens (tertiary/aromatic N) is 2. The maximum absolute atomic E-state index is 5.68. The first-order chi connectivity index (χ1) is 9.92. The number of rotatable bonds is 2. The third-order valence-electron chi connectivity index (χ3n) is 4.09. The molecule has 2 aromatic rings. The van der Waals surface area contributed by atoms with E-state index in [-0.39, 0.29) is 12.0 Å². The molecule has 2 atom stereocenters. The van der Waals surface area contributed by atoms with E-state index < -0.39 is 0 Å². The SMILES string of the molecule is c1ccc2c(c1)OCCC2c1noc([C@@H]2CCCN2)n1. The molecule has 0 spiro atoms. The Hall–Kier alpha value is -1.88. The summed E-state index contributed by atoms with van der Waals surface area (Å²) in [5.74, 6) is 2.62. The van der Waals surface area contributed by atoms with Crippen molar-refractivity contribution in [2.75, 3.05) is 13.2 Å². The molecule has 1 fully saturated rings. The van der Waals surface area contributed by atoms with Gasteiger partial charge >= 0.3 is 0 Å². The summed E-state index contributed by atoms with van der Waals surface area (Å²) in [7, 11) is 0. The highest BCUT2D eigenvalue weighted by molar-refractivity contribution is 5.40. The van der Waals surface area contributed by atoms with Crippen LogP contribution in [0.15, 0.2) is 28.8 Å². The van der Waals surface area contributed by atoms with Gasteiger partial charge in [0, 0.05) is 5.56 Å². The standard InChI is InChI=1S/C15H17N3O2/c1-2-6-13-10(4-1)11(7-9-19-13)14-17-15(20-18-14)12-5-3-8-16-12/h1-2,4,6,11-12,16H,3,5,7-9H2/t11?,12-/m0/s1. The Labute approximate surface area is 117 Å². The first-order valence-electron chi connectivity index (χ1n) is 7.20. The molecular formula is C15H17N3O2. The van der Waals surface area contributed by atoms with Crippen LogP contribution in [0.4, 0.5) is 0 Å². The molecule has 0 amide bonds. The fraction of sp³-hybridized carbons (Fsp3) is 0.467. The fourth-order valence-corrected chi connectivity index (χ4v) is 3.04. The number of hydrogen-bond donors (Lipinski definition) is 1. The van der Waals surface area contributed by atoms with Crippen LogP contribution in [0.25, 0.3) is 0 Å². The van der Waals surface area contributed by atoms with Gasteiger partial charge in [0.1, 0.15) is 5.75 Å². The molecule has 5 nitrogen and oxygen atoms in total. The molecule has 0 aliphatic carbocycles. The van der Waals surface area contributed by atoms with Crippen LogP contribution < -0.4 is 10.1 Å². The van der Waals surface area contributed by atoms with Gasteiger partial charge in [-0.15, -0.1) is 0 Å². The van der Waals surface area contributed by atoms with E-state index >= 15 is 0 Å². The first-order valence-corrected chi connectivity index (χ1v) is 7.20. The van der Waals surface area contributed by atoms with Crippen molar-refractivity contribution < 1.29 is 9.26 Å². The Morgan fingerprint density at radius 2 is 2.15 bits per heavy atom. The zero-order chi connectivity index (χ0) is 13.4. The maximum atomic E-state index is 5.68. The third kappa shape index (κ3) is 1.98. The van der Waals surface area contributed by atoms with Crippen LogP contribution in [0.3, 0.4) is 0 Å². The van der Waals surface area contributed by atoms with Crippen LogP contribution >= 0.6 is 0 Å². The maximum Gasteiger partial charge on any atom is 0.243 e. The molecule has 4 rings (SSSR count). The normalized spacial score (nSPS) is 25.2. The van der Waals surface area contributed by atoms with Gasteiger partial charge in [-0.3, -0.25) is 0 Å². The molecule has 1 aromatic carbocycles. The zero-order valence-electron chi connectivity index (χ0n) is 11.2. The largest absolute Gasteiger partial charge is 0.493 e. The van der Waals surface area contributed by atoms with Crippen LogP contribution in [-0.4, -0.2) is 23.3 Å². The molecule has 0 radical (unpaired) electrons. The molecule has 2 aliphatic rings. The number of fused-ring (bicyclic) bond motifs is 1. The van der Waals surface area contributed by atoms with Crippen molar-refractivity contribution in [2.45, 2.75) is 31.2 Å². The number of hydrogen-bond acceptors (Lipinski definition) is 5. The summed E-state index contributed by atoms with van der Waals surface area (Å²) in [6.07, 6.45) is 3.14. The van der Waals surface area contributed by atoms with Crippen LogP contribution in [0.5, 0.6) is 5.75 Å². The van der Waals surface area contributed by atoms with E-state index in [4.69, 9.17) is 9.26 Å². The highest BCUT2D eigenvalue weighted by Gasteiger charge is 2.29. The lowest BCUT2D eigenvalue weighted by atomic mass is 9.92. The molecule has 0 bridgehead atoms.